The van der Waals surface area contributed by atoms with Crippen LogP contribution in [0.4, 0.5) is 4.79 Å². The zero-order valence-corrected chi connectivity index (χ0v) is 12.1. The first kappa shape index (κ1) is 17.7. The van der Waals surface area contributed by atoms with E-state index < -0.39 is 24.1 Å². The summed E-state index contributed by atoms with van der Waals surface area (Å²) in [5.74, 6) is -1.23. The van der Waals surface area contributed by atoms with E-state index in [1.165, 1.54) is 6.92 Å². The van der Waals surface area contributed by atoms with Gasteiger partial charge < -0.3 is 20.4 Å². The maximum absolute atomic E-state index is 12.0. The molecule has 112 valence electrons. The maximum atomic E-state index is 12.0. The largest absolute Gasteiger partial charge is 0.480 e. The fraction of sp³-hybridized carbons (Fsp3) is 0.846. The molecule has 6 heteroatoms. The molecule has 0 aromatic heterocycles. The summed E-state index contributed by atoms with van der Waals surface area (Å²) in [7, 11) is 0. The van der Waals surface area contributed by atoms with Gasteiger partial charge in [-0.1, -0.05) is 26.7 Å². The summed E-state index contributed by atoms with van der Waals surface area (Å²) in [5.41, 5.74) is 0. The Morgan fingerprint density at radius 1 is 1.16 bits per heavy atom. The molecule has 0 aliphatic rings. The van der Waals surface area contributed by atoms with E-state index in [1.54, 1.807) is 4.90 Å². The summed E-state index contributed by atoms with van der Waals surface area (Å²) < 4.78 is 0. The third kappa shape index (κ3) is 7.00. The third-order valence-corrected chi connectivity index (χ3v) is 2.88. The number of nitrogens with one attached hydrogen (secondary N) is 1. The van der Waals surface area contributed by atoms with Gasteiger partial charge in [0.15, 0.2) is 6.04 Å². The van der Waals surface area contributed by atoms with Gasteiger partial charge in [-0.2, -0.15) is 0 Å². The molecule has 0 bridgehead atoms. The maximum Gasteiger partial charge on any atom is 0.328 e. The number of rotatable bonds is 9. The molecule has 0 aliphatic carbocycles. The van der Waals surface area contributed by atoms with Crippen LogP contribution >= 0.6 is 0 Å². The lowest BCUT2D eigenvalue weighted by molar-refractivity contribution is -0.141. The molecule has 0 radical (unpaired) electrons. The lowest BCUT2D eigenvalue weighted by atomic mass is 10.2. The van der Waals surface area contributed by atoms with Gasteiger partial charge >= 0.3 is 12.0 Å². The SMILES string of the molecule is CCCCN(CCCC)C(=O)N[C@H](C(=O)O)[C@@H](C)O. The van der Waals surface area contributed by atoms with Gasteiger partial charge in [-0.05, 0) is 19.8 Å². The first-order valence-electron chi connectivity index (χ1n) is 6.90. The third-order valence-electron chi connectivity index (χ3n) is 2.88. The van der Waals surface area contributed by atoms with Crippen LogP contribution in [0.2, 0.25) is 0 Å². The standard InChI is InChI=1S/C13H26N2O4/c1-4-6-8-15(9-7-5-2)13(19)14-11(10(3)16)12(17)18/h10-11,16H,4-9H2,1-3H3,(H,14,19)(H,17,18)/t10-,11+/m1/s1. The summed E-state index contributed by atoms with van der Waals surface area (Å²) in [6.07, 6.45) is 2.57. The van der Waals surface area contributed by atoms with Crippen molar-refractivity contribution in [1.82, 2.24) is 10.2 Å². The van der Waals surface area contributed by atoms with E-state index in [0.29, 0.717) is 13.1 Å². The fourth-order valence-electron chi connectivity index (χ4n) is 1.63. The molecule has 0 saturated heterocycles. The molecule has 0 aromatic rings. The number of aliphatic hydroxyl groups excluding tert-OH is 1. The molecule has 0 unspecified atom stereocenters. The first-order chi connectivity index (χ1) is 8.93. The number of hydrogen-bond donors (Lipinski definition) is 3. The van der Waals surface area contributed by atoms with Gasteiger partial charge in [-0.3, -0.25) is 0 Å². The molecule has 2 atom stereocenters. The van der Waals surface area contributed by atoms with Crippen LogP contribution in [0.5, 0.6) is 0 Å². The number of aliphatic carboxylic acids is 1. The minimum atomic E-state index is -1.27. The van der Waals surface area contributed by atoms with Crippen LogP contribution in [0.3, 0.4) is 0 Å². The summed E-state index contributed by atoms with van der Waals surface area (Å²) in [6.45, 7) is 6.63. The molecule has 0 fully saturated rings. The number of amides is 2. The second-order valence-electron chi connectivity index (χ2n) is 4.70. The Bertz CT molecular complexity index is 274. The average molecular weight is 274 g/mol. The zero-order valence-electron chi connectivity index (χ0n) is 12.1. The van der Waals surface area contributed by atoms with E-state index >= 15 is 0 Å². The summed E-state index contributed by atoms with van der Waals surface area (Å²) in [4.78, 5) is 24.6. The smallest absolute Gasteiger partial charge is 0.328 e. The van der Waals surface area contributed by atoms with E-state index in [2.05, 4.69) is 5.32 Å². The van der Waals surface area contributed by atoms with Gasteiger partial charge in [0.1, 0.15) is 0 Å². The van der Waals surface area contributed by atoms with Gasteiger partial charge in [0, 0.05) is 13.1 Å². The van der Waals surface area contributed by atoms with Crippen molar-refractivity contribution in [3.8, 4) is 0 Å². The van der Waals surface area contributed by atoms with Crippen molar-refractivity contribution < 1.29 is 19.8 Å². The number of hydrogen-bond acceptors (Lipinski definition) is 3. The van der Waals surface area contributed by atoms with E-state index in [-0.39, 0.29) is 0 Å². The number of carboxylic acid groups (broad SMARTS) is 1. The molecule has 0 saturated carbocycles. The summed E-state index contributed by atoms with van der Waals surface area (Å²) in [5, 5.41) is 20.7. The molecule has 0 spiro atoms. The number of unbranched alkanes of at least 4 members (excludes halogenated alkanes) is 2. The monoisotopic (exact) mass is 274 g/mol. The Kier molecular flexibility index (Phi) is 8.95. The molecular formula is C13H26N2O4. The van der Waals surface area contributed by atoms with Crippen LogP contribution in [-0.2, 0) is 4.79 Å². The van der Waals surface area contributed by atoms with Crippen molar-refractivity contribution in [3.63, 3.8) is 0 Å². The first-order valence-corrected chi connectivity index (χ1v) is 6.90. The van der Waals surface area contributed by atoms with Crippen molar-refractivity contribution in [2.75, 3.05) is 13.1 Å². The van der Waals surface area contributed by atoms with E-state index in [0.717, 1.165) is 25.7 Å². The summed E-state index contributed by atoms with van der Waals surface area (Å²) in [6, 6.07) is -1.69. The second-order valence-corrected chi connectivity index (χ2v) is 4.70. The van der Waals surface area contributed by atoms with Gasteiger partial charge in [-0.15, -0.1) is 0 Å². The average Bonchev–Trinajstić information content (AvgIpc) is 2.35. The molecule has 0 aromatic carbocycles. The molecular weight excluding hydrogens is 248 g/mol. The molecule has 0 heterocycles. The Hall–Kier alpha value is -1.30. The highest BCUT2D eigenvalue weighted by atomic mass is 16.4. The van der Waals surface area contributed by atoms with Crippen LogP contribution in [0.25, 0.3) is 0 Å². The van der Waals surface area contributed by atoms with Crippen molar-refractivity contribution in [3.05, 3.63) is 0 Å². The quantitative estimate of drug-likeness (QED) is 0.593. The van der Waals surface area contributed by atoms with Crippen LogP contribution in [0.1, 0.15) is 46.5 Å². The number of nitrogens with zero attached hydrogens (tertiary/aromatic N) is 1. The predicted octanol–water partition coefficient (Wildman–Crippen LogP) is 1.43. The minimum Gasteiger partial charge on any atom is -0.480 e. The number of aliphatic hydroxyl groups is 1. The van der Waals surface area contributed by atoms with Crippen molar-refractivity contribution in [1.29, 1.82) is 0 Å². The summed E-state index contributed by atoms with van der Waals surface area (Å²) >= 11 is 0. The zero-order chi connectivity index (χ0) is 14.8. The Morgan fingerprint density at radius 2 is 1.63 bits per heavy atom. The van der Waals surface area contributed by atoms with Crippen LogP contribution < -0.4 is 5.32 Å². The van der Waals surface area contributed by atoms with Crippen molar-refractivity contribution >= 4 is 12.0 Å². The lowest BCUT2D eigenvalue weighted by Gasteiger charge is -2.26. The molecule has 19 heavy (non-hydrogen) atoms. The van der Waals surface area contributed by atoms with E-state index in [1.807, 2.05) is 13.8 Å². The number of urea groups is 1. The number of carboxylic acids is 1. The van der Waals surface area contributed by atoms with Crippen LogP contribution in [-0.4, -0.2) is 52.3 Å². The number of carbonyl (C=O) groups is 2. The highest BCUT2D eigenvalue weighted by Gasteiger charge is 2.26. The Labute approximate surface area is 114 Å². The molecule has 0 rings (SSSR count). The van der Waals surface area contributed by atoms with Crippen LogP contribution in [0.15, 0.2) is 0 Å². The highest BCUT2D eigenvalue weighted by Crippen LogP contribution is 2.02. The molecule has 2 amide bonds. The van der Waals surface area contributed by atoms with E-state index in [4.69, 9.17) is 5.11 Å². The minimum absolute atomic E-state index is 0.421. The second kappa shape index (κ2) is 9.61. The molecule has 3 N–H and O–H groups in total. The Balaban J connectivity index is 4.54. The molecule has 6 nitrogen and oxygen atoms in total. The fourth-order valence-corrected chi connectivity index (χ4v) is 1.63. The normalized spacial score (nSPS) is 13.7. The van der Waals surface area contributed by atoms with Gasteiger partial charge in [0.25, 0.3) is 0 Å². The topological polar surface area (TPSA) is 89.9 Å². The van der Waals surface area contributed by atoms with Crippen LogP contribution in [0, 0.1) is 0 Å². The molecule has 0 aliphatic heterocycles. The Morgan fingerprint density at radius 3 is 1.95 bits per heavy atom. The van der Waals surface area contributed by atoms with Gasteiger partial charge in [0.2, 0.25) is 0 Å². The van der Waals surface area contributed by atoms with Gasteiger partial charge in [0.05, 0.1) is 6.10 Å². The van der Waals surface area contributed by atoms with E-state index in [9.17, 15) is 14.7 Å². The van der Waals surface area contributed by atoms with Crippen molar-refractivity contribution in [2.24, 2.45) is 0 Å². The van der Waals surface area contributed by atoms with Crippen molar-refractivity contribution in [2.45, 2.75) is 58.6 Å². The van der Waals surface area contributed by atoms with Gasteiger partial charge in [-0.25, -0.2) is 9.59 Å². The number of carbonyl (C=O) groups excluding carboxylic acids is 1. The predicted molar refractivity (Wildman–Crippen MR) is 73.0 cm³/mol. The highest BCUT2D eigenvalue weighted by molar-refractivity contribution is 5.83. The lowest BCUT2D eigenvalue weighted by Crippen LogP contribution is -2.52.